The number of benzene rings is 1. The lowest BCUT2D eigenvalue weighted by Crippen LogP contribution is -2.29. The van der Waals surface area contributed by atoms with Gasteiger partial charge in [0.1, 0.15) is 0 Å². The molecule has 4 heteroatoms. The zero-order valence-corrected chi connectivity index (χ0v) is 12.0. The fraction of sp³-hybridized carbons (Fsp3) is 0.625. The van der Waals surface area contributed by atoms with Gasteiger partial charge < -0.3 is 5.32 Å². The molecule has 1 atom stereocenters. The quantitative estimate of drug-likeness (QED) is 0.693. The number of nitrogens with one attached hydrogen (secondary N) is 1. The molecule has 114 valence electrons. The summed E-state index contributed by atoms with van der Waals surface area (Å²) in [6, 6.07) is 10.4. The van der Waals surface area contributed by atoms with Crippen LogP contribution in [0.1, 0.15) is 44.6 Å². The molecule has 0 saturated heterocycles. The van der Waals surface area contributed by atoms with Gasteiger partial charge in [0.05, 0.1) is 0 Å². The summed E-state index contributed by atoms with van der Waals surface area (Å²) in [7, 11) is 0. The number of hydrogen-bond donors (Lipinski definition) is 1. The Labute approximate surface area is 119 Å². The molecule has 1 unspecified atom stereocenters. The van der Waals surface area contributed by atoms with E-state index in [4.69, 9.17) is 0 Å². The minimum absolute atomic E-state index is 0.200. The maximum Gasteiger partial charge on any atom is 0.389 e. The van der Waals surface area contributed by atoms with Crippen molar-refractivity contribution < 1.29 is 13.2 Å². The van der Waals surface area contributed by atoms with Crippen LogP contribution < -0.4 is 5.32 Å². The molecule has 1 rings (SSSR count). The lowest BCUT2D eigenvalue weighted by atomic mass is 10.0. The highest BCUT2D eigenvalue weighted by Crippen LogP contribution is 2.23. The molecule has 0 aliphatic rings. The molecule has 0 radical (unpaired) electrons. The molecule has 1 N–H and O–H groups in total. The van der Waals surface area contributed by atoms with Gasteiger partial charge >= 0.3 is 6.18 Å². The highest BCUT2D eigenvalue weighted by Gasteiger charge is 2.26. The average molecular weight is 287 g/mol. The summed E-state index contributed by atoms with van der Waals surface area (Å²) in [5.74, 6) is 0. The Morgan fingerprint density at radius 1 is 1.05 bits per heavy atom. The topological polar surface area (TPSA) is 12.0 Å². The largest absolute Gasteiger partial charge is 0.389 e. The first-order valence-corrected chi connectivity index (χ1v) is 7.35. The molecule has 1 aromatic rings. The van der Waals surface area contributed by atoms with Crippen molar-refractivity contribution in [3.05, 3.63) is 35.9 Å². The Bertz CT molecular complexity index is 348. The van der Waals surface area contributed by atoms with Crippen LogP contribution in [0.4, 0.5) is 13.2 Å². The lowest BCUT2D eigenvalue weighted by molar-refractivity contribution is -0.135. The standard InChI is InChI=1S/C16H24F3N/c1-2-20-15(12-7-13-16(17,18)19)11-6-10-14-8-4-3-5-9-14/h3-5,8-9,15,20H,2,6-7,10-13H2,1H3. The Hall–Kier alpha value is -1.03. The summed E-state index contributed by atoms with van der Waals surface area (Å²) in [4.78, 5) is 0. The van der Waals surface area contributed by atoms with Crippen LogP contribution in [0.5, 0.6) is 0 Å². The first-order valence-electron chi connectivity index (χ1n) is 7.35. The molecule has 1 nitrogen and oxygen atoms in total. The Kier molecular flexibility index (Phi) is 7.67. The van der Waals surface area contributed by atoms with E-state index in [-0.39, 0.29) is 12.5 Å². The molecule has 0 spiro atoms. The predicted octanol–water partition coefficient (Wildman–Crippen LogP) is 4.72. The smallest absolute Gasteiger partial charge is 0.314 e. The van der Waals surface area contributed by atoms with Gasteiger partial charge in [-0.05, 0) is 44.2 Å². The van der Waals surface area contributed by atoms with Crippen LogP contribution in [0.3, 0.4) is 0 Å². The van der Waals surface area contributed by atoms with Gasteiger partial charge in [0.25, 0.3) is 0 Å². The molecule has 0 fully saturated rings. The van der Waals surface area contributed by atoms with Crippen LogP contribution in [0.2, 0.25) is 0 Å². The van der Waals surface area contributed by atoms with E-state index in [1.165, 1.54) is 5.56 Å². The Balaban J connectivity index is 2.24. The normalized spacial score (nSPS) is 13.4. The van der Waals surface area contributed by atoms with Crippen LogP contribution in [0.15, 0.2) is 30.3 Å². The molecule has 0 heterocycles. The summed E-state index contributed by atoms with van der Waals surface area (Å²) < 4.78 is 36.4. The van der Waals surface area contributed by atoms with E-state index in [0.717, 1.165) is 25.8 Å². The van der Waals surface area contributed by atoms with Crippen molar-refractivity contribution in [2.24, 2.45) is 0 Å². The molecular formula is C16H24F3N. The van der Waals surface area contributed by atoms with Crippen molar-refractivity contribution in [1.29, 1.82) is 0 Å². The summed E-state index contributed by atoms with van der Waals surface area (Å²) in [6.07, 6.45) is -0.959. The molecule has 20 heavy (non-hydrogen) atoms. The van der Waals surface area contributed by atoms with Gasteiger partial charge in [-0.3, -0.25) is 0 Å². The zero-order chi connectivity index (χ0) is 14.8. The third-order valence-corrected chi connectivity index (χ3v) is 3.37. The highest BCUT2D eigenvalue weighted by molar-refractivity contribution is 5.14. The van der Waals surface area contributed by atoms with Gasteiger partial charge in [-0.1, -0.05) is 37.3 Å². The SMILES string of the molecule is CCNC(CCCc1ccccc1)CCCC(F)(F)F. The van der Waals surface area contributed by atoms with Gasteiger partial charge in [0, 0.05) is 12.5 Å². The average Bonchev–Trinajstić information content (AvgIpc) is 2.38. The van der Waals surface area contributed by atoms with E-state index < -0.39 is 12.6 Å². The second-order valence-electron chi connectivity index (χ2n) is 5.14. The first kappa shape index (κ1) is 17.0. The van der Waals surface area contributed by atoms with Gasteiger partial charge in [-0.15, -0.1) is 0 Å². The van der Waals surface area contributed by atoms with Gasteiger partial charge in [0.15, 0.2) is 0 Å². The van der Waals surface area contributed by atoms with E-state index in [9.17, 15) is 13.2 Å². The van der Waals surface area contributed by atoms with E-state index in [2.05, 4.69) is 17.4 Å². The third-order valence-electron chi connectivity index (χ3n) is 3.37. The number of rotatable bonds is 9. The van der Waals surface area contributed by atoms with Crippen molar-refractivity contribution in [2.45, 2.75) is 57.7 Å². The maximum atomic E-state index is 12.1. The van der Waals surface area contributed by atoms with Crippen molar-refractivity contribution in [1.82, 2.24) is 5.32 Å². The Morgan fingerprint density at radius 3 is 2.30 bits per heavy atom. The third kappa shape index (κ3) is 8.20. The summed E-state index contributed by atoms with van der Waals surface area (Å²) in [5, 5.41) is 3.29. The zero-order valence-electron chi connectivity index (χ0n) is 12.0. The van der Waals surface area contributed by atoms with Gasteiger partial charge in [-0.25, -0.2) is 0 Å². The monoisotopic (exact) mass is 287 g/mol. The summed E-state index contributed by atoms with van der Waals surface area (Å²) >= 11 is 0. The van der Waals surface area contributed by atoms with Crippen LogP contribution in [0, 0.1) is 0 Å². The van der Waals surface area contributed by atoms with E-state index >= 15 is 0 Å². The predicted molar refractivity (Wildman–Crippen MR) is 76.8 cm³/mol. The molecule has 0 bridgehead atoms. The molecule has 0 aliphatic heterocycles. The van der Waals surface area contributed by atoms with Crippen LogP contribution >= 0.6 is 0 Å². The number of hydrogen-bond acceptors (Lipinski definition) is 1. The number of halogens is 3. The van der Waals surface area contributed by atoms with Gasteiger partial charge in [-0.2, -0.15) is 13.2 Å². The van der Waals surface area contributed by atoms with Gasteiger partial charge in [0.2, 0.25) is 0 Å². The second-order valence-corrected chi connectivity index (χ2v) is 5.14. The molecule has 0 aromatic heterocycles. The lowest BCUT2D eigenvalue weighted by Gasteiger charge is -2.18. The summed E-state index contributed by atoms with van der Waals surface area (Å²) in [5.41, 5.74) is 1.29. The second kappa shape index (κ2) is 9.01. The van der Waals surface area contributed by atoms with Crippen LogP contribution in [-0.2, 0) is 6.42 Å². The fourth-order valence-electron chi connectivity index (χ4n) is 2.38. The van der Waals surface area contributed by atoms with Crippen molar-refractivity contribution >= 4 is 0 Å². The molecule has 0 saturated carbocycles. The molecule has 1 aromatic carbocycles. The molecule has 0 amide bonds. The molecular weight excluding hydrogens is 263 g/mol. The number of aryl methyl sites for hydroxylation is 1. The highest BCUT2D eigenvalue weighted by atomic mass is 19.4. The molecule has 0 aliphatic carbocycles. The summed E-state index contributed by atoms with van der Waals surface area (Å²) in [6.45, 7) is 2.80. The minimum Gasteiger partial charge on any atom is -0.314 e. The van der Waals surface area contributed by atoms with Crippen LogP contribution in [-0.4, -0.2) is 18.8 Å². The van der Waals surface area contributed by atoms with E-state index in [0.29, 0.717) is 6.42 Å². The van der Waals surface area contributed by atoms with E-state index in [1.807, 2.05) is 25.1 Å². The van der Waals surface area contributed by atoms with Crippen molar-refractivity contribution in [3.63, 3.8) is 0 Å². The first-order chi connectivity index (χ1) is 9.51. The van der Waals surface area contributed by atoms with Crippen molar-refractivity contribution in [2.75, 3.05) is 6.54 Å². The fourth-order valence-corrected chi connectivity index (χ4v) is 2.38. The Morgan fingerprint density at radius 2 is 1.70 bits per heavy atom. The van der Waals surface area contributed by atoms with Crippen molar-refractivity contribution in [3.8, 4) is 0 Å². The minimum atomic E-state index is -4.03. The van der Waals surface area contributed by atoms with Crippen LogP contribution in [0.25, 0.3) is 0 Å². The van der Waals surface area contributed by atoms with E-state index in [1.54, 1.807) is 0 Å². The maximum absolute atomic E-state index is 12.1. The number of alkyl halides is 3.